The van der Waals surface area contributed by atoms with Crippen LogP contribution in [0.2, 0.25) is 0 Å². The third-order valence-corrected chi connectivity index (χ3v) is 3.16. The number of carbonyl (C=O) groups excluding carboxylic acids is 2. The van der Waals surface area contributed by atoms with Crippen molar-refractivity contribution in [3.8, 4) is 0 Å². The van der Waals surface area contributed by atoms with Gasteiger partial charge >= 0.3 is 5.97 Å². The summed E-state index contributed by atoms with van der Waals surface area (Å²) in [5, 5.41) is 13.3. The fraction of sp³-hybridized carbons (Fsp3) is 0.200. The average Bonchev–Trinajstić information content (AvgIpc) is 2.89. The van der Waals surface area contributed by atoms with Gasteiger partial charge in [0.25, 0.3) is 11.6 Å². The Balaban J connectivity index is 1.95. The number of aryl methyl sites for hydroxylation is 2. The smallest absolute Gasteiger partial charge is 0.355 e. The fourth-order valence-corrected chi connectivity index (χ4v) is 1.95. The van der Waals surface area contributed by atoms with Gasteiger partial charge in [-0.15, -0.1) is 0 Å². The summed E-state index contributed by atoms with van der Waals surface area (Å²) in [4.78, 5) is 33.7. The number of benzene rings is 1. The Kier molecular flexibility index (Phi) is 4.75. The zero-order chi connectivity index (χ0) is 17.0. The molecule has 23 heavy (non-hydrogen) atoms. The van der Waals surface area contributed by atoms with E-state index in [0.717, 1.165) is 11.6 Å². The highest BCUT2D eigenvalue weighted by molar-refractivity contribution is 5.95. The number of carbonyl (C=O) groups is 2. The Labute approximate surface area is 131 Å². The Morgan fingerprint density at radius 1 is 1.35 bits per heavy atom. The highest BCUT2D eigenvalue weighted by Gasteiger charge is 2.19. The van der Waals surface area contributed by atoms with Crippen molar-refractivity contribution < 1.29 is 19.2 Å². The molecule has 2 rings (SSSR count). The van der Waals surface area contributed by atoms with E-state index in [-0.39, 0.29) is 11.4 Å². The van der Waals surface area contributed by atoms with Gasteiger partial charge in [0.05, 0.1) is 11.1 Å². The van der Waals surface area contributed by atoms with Crippen molar-refractivity contribution >= 4 is 23.3 Å². The van der Waals surface area contributed by atoms with E-state index in [0.29, 0.717) is 5.69 Å². The number of hydrogen-bond donors (Lipinski definition) is 1. The van der Waals surface area contributed by atoms with E-state index in [1.807, 2.05) is 19.1 Å². The first-order valence-corrected chi connectivity index (χ1v) is 6.72. The topological polar surface area (TPSA) is 103 Å². The molecule has 0 atom stereocenters. The zero-order valence-corrected chi connectivity index (χ0v) is 12.6. The fourth-order valence-electron chi connectivity index (χ4n) is 1.95. The monoisotopic (exact) mass is 317 g/mol. The van der Waals surface area contributed by atoms with E-state index in [4.69, 9.17) is 4.74 Å². The molecule has 8 heteroatoms. The van der Waals surface area contributed by atoms with Crippen LogP contribution in [0.5, 0.6) is 0 Å². The summed E-state index contributed by atoms with van der Waals surface area (Å²) in [6.45, 7) is 1.36. The Bertz CT molecular complexity index is 766. The molecule has 8 nitrogen and oxygen atoms in total. The van der Waals surface area contributed by atoms with Crippen molar-refractivity contribution in [3.05, 3.63) is 57.9 Å². The van der Waals surface area contributed by atoms with Gasteiger partial charge in [-0.3, -0.25) is 14.9 Å². The molecule has 0 saturated heterocycles. The number of ether oxygens (including phenoxy) is 1. The van der Waals surface area contributed by atoms with E-state index >= 15 is 0 Å². The Morgan fingerprint density at radius 3 is 2.65 bits per heavy atom. The molecule has 1 heterocycles. The SMILES string of the molecule is Cc1ccccc1NC(=O)COC(=O)c1cc([N+](=O)[O-])cn1C. The molecule has 0 bridgehead atoms. The highest BCUT2D eigenvalue weighted by Crippen LogP contribution is 2.16. The van der Waals surface area contributed by atoms with Crippen molar-refractivity contribution in [1.82, 2.24) is 4.57 Å². The second kappa shape index (κ2) is 6.73. The molecule has 1 N–H and O–H groups in total. The van der Waals surface area contributed by atoms with Crippen LogP contribution in [0.3, 0.4) is 0 Å². The maximum absolute atomic E-state index is 11.9. The van der Waals surface area contributed by atoms with Crippen LogP contribution in [0.25, 0.3) is 0 Å². The van der Waals surface area contributed by atoms with E-state index in [1.54, 1.807) is 12.1 Å². The summed E-state index contributed by atoms with van der Waals surface area (Å²) in [7, 11) is 1.48. The normalized spacial score (nSPS) is 10.2. The van der Waals surface area contributed by atoms with Gasteiger partial charge in [-0.25, -0.2) is 4.79 Å². The molecule has 0 aliphatic carbocycles. The van der Waals surface area contributed by atoms with Crippen LogP contribution < -0.4 is 5.32 Å². The molecule has 0 unspecified atom stereocenters. The van der Waals surface area contributed by atoms with E-state index < -0.39 is 23.4 Å². The maximum Gasteiger partial charge on any atom is 0.355 e. The van der Waals surface area contributed by atoms with Crippen LogP contribution in [0.15, 0.2) is 36.5 Å². The summed E-state index contributed by atoms with van der Waals surface area (Å²) in [5.74, 6) is -1.29. The van der Waals surface area contributed by atoms with Crippen LogP contribution in [-0.2, 0) is 16.6 Å². The molecule has 1 amide bonds. The molecule has 0 aliphatic rings. The van der Waals surface area contributed by atoms with Crippen LogP contribution in [0, 0.1) is 17.0 Å². The Morgan fingerprint density at radius 2 is 2.04 bits per heavy atom. The number of aromatic nitrogens is 1. The molecular weight excluding hydrogens is 302 g/mol. The molecule has 1 aromatic heterocycles. The lowest BCUT2D eigenvalue weighted by atomic mass is 10.2. The standard InChI is InChI=1S/C15H15N3O5/c1-10-5-3-4-6-12(10)16-14(19)9-23-15(20)13-7-11(18(21)22)8-17(13)2/h3-8H,9H2,1-2H3,(H,16,19). The quantitative estimate of drug-likeness (QED) is 0.516. The van der Waals surface area contributed by atoms with Gasteiger partial charge in [0.15, 0.2) is 6.61 Å². The first-order valence-electron chi connectivity index (χ1n) is 6.72. The molecule has 120 valence electrons. The van der Waals surface area contributed by atoms with Gasteiger partial charge in [-0.1, -0.05) is 18.2 Å². The second-order valence-corrected chi connectivity index (χ2v) is 4.89. The summed E-state index contributed by atoms with van der Waals surface area (Å²) in [6.07, 6.45) is 1.20. The lowest BCUT2D eigenvalue weighted by molar-refractivity contribution is -0.384. The van der Waals surface area contributed by atoms with E-state index in [1.165, 1.54) is 17.8 Å². The van der Waals surface area contributed by atoms with Crippen LogP contribution in [-0.4, -0.2) is 28.0 Å². The van der Waals surface area contributed by atoms with Crippen LogP contribution >= 0.6 is 0 Å². The maximum atomic E-state index is 11.9. The van der Waals surface area contributed by atoms with Crippen molar-refractivity contribution in [2.45, 2.75) is 6.92 Å². The highest BCUT2D eigenvalue weighted by atomic mass is 16.6. The Hall–Kier alpha value is -3.16. The lowest BCUT2D eigenvalue weighted by Gasteiger charge is -2.08. The summed E-state index contributed by atoms with van der Waals surface area (Å²) in [5.41, 5.74) is 1.29. The van der Waals surface area contributed by atoms with Crippen molar-refractivity contribution in [2.75, 3.05) is 11.9 Å². The largest absolute Gasteiger partial charge is 0.451 e. The molecule has 2 aromatic rings. The number of amides is 1. The predicted octanol–water partition coefficient (Wildman–Crippen LogP) is 2.04. The van der Waals surface area contributed by atoms with Gasteiger partial charge in [-0.05, 0) is 18.6 Å². The molecule has 1 aromatic carbocycles. The molecular formula is C15H15N3O5. The number of nitrogens with zero attached hydrogens (tertiary/aromatic N) is 2. The molecule has 0 saturated carbocycles. The lowest BCUT2D eigenvalue weighted by Crippen LogP contribution is -2.22. The molecule has 0 radical (unpaired) electrons. The number of rotatable bonds is 5. The second-order valence-electron chi connectivity index (χ2n) is 4.89. The number of nitro groups is 1. The first-order chi connectivity index (χ1) is 10.9. The minimum Gasteiger partial charge on any atom is -0.451 e. The third-order valence-electron chi connectivity index (χ3n) is 3.16. The minimum atomic E-state index is -0.805. The number of nitrogens with one attached hydrogen (secondary N) is 1. The van der Waals surface area contributed by atoms with E-state index in [2.05, 4.69) is 5.32 Å². The molecule has 0 aliphatic heterocycles. The van der Waals surface area contributed by atoms with E-state index in [9.17, 15) is 19.7 Å². The van der Waals surface area contributed by atoms with Gasteiger partial charge < -0.3 is 14.6 Å². The van der Waals surface area contributed by atoms with Gasteiger partial charge in [0, 0.05) is 18.8 Å². The zero-order valence-electron chi connectivity index (χ0n) is 12.6. The van der Waals surface area contributed by atoms with Gasteiger partial charge in [-0.2, -0.15) is 0 Å². The summed E-state index contributed by atoms with van der Waals surface area (Å²) < 4.78 is 6.16. The van der Waals surface area contributed by atoms with Crippen molar-refractivity contribution in [2.24, 2.45) is 7.05 Å². The van der Waals surface area contributed by atoms with Gasteiger partial charge in [0.2, 0.25) is 0 Å². The summed E-state index contributed by atoms with van der Waals surface area (Å²) >= 11 is 0. The number of para-hydroxylation sites is 1. The third kappa shape index (κ3) is 3.94. The van der Waals surface area contributed by atoms with Crippen LogP contribution in [0.1, 0.15) is 16.1 Å². The number of hydrogen-bond acceptors (Lipinski definition) is 5. The number of anilines is 1. The predicted molar refractivity (Wildman–Crippen MR) is 82.2 cm³/mol. The molecule has 0 fully saturated rings. The minimum absolute atomic E-state index is 0.000363. The average molecular weight is 317 g/mol. The van der Waals surface area contributed by atoms with Crippen LogP contribution in [0.4, 0.5) is 11.4 Å². The molecule has 0 spiro atoms. The van der Waals surface area contributed by atoms with Crippen molar-refractivity contribution in [1.29, 1.82) is 0 Å². The van der Waals surface area contributed by atoms with Crippen molar-refractivity contribution in [3.63, 3.8) is 0 Å². The first kappa shape index (κ1) is 16.2. The number of esters is 1. The van der Waals surface area contributed by atoms with Gasteiger partial charge in [0.1, 0.15) is 5.69 Å². The summed E-state index contributed by atoms with van der Waals surface area (Å²) in [6, 6.07) is 8.28.